The number of carbonyl (C=O) groups is 2. The number of amides is 1. The summed E-state index contributed by atoms with van der Waals surface area (Å²) in [6, 6.07) is 10.7. The Balaban J connectivity index is 1.94. The molecule has 1 aromatic carbocycles. The van der Waals surface area contributed by atoms with Gasteiger partial charge in [0.25, 0.3) is 5.91 Å². The molecule has 5 nitrogen and oxygen atoms in total. The van der Waals surface area contributed by atoms with Crippen molar-refractivity contribution in [2.24, 2.45) is 0 Å². The molecule has 1 amide bonds. The van der Waals surface area contributed by atoms with Crippen molar-refractivity contribution < 1.29 is 18.7 Å². The molecule has 0 radical (unpaired) electrons. The van der Waals surface area contributed by atoms with Gasteiger partial charge in [0.05, 0.1) is 6.26 Å². The molecule has 0 spiro atoms. The van der Waals surface area contributed by atoms with Crippen molar-refractivity contribution in [3.63, 3.8) is 0 Å². The predicted molar refractivity (Wildman–Crippen MR) is 82.8 cm³/mol. The monoisotopic (exact) mass is 301 g/mol. The molecule has 2 rings (SSSR count). The van der Waals surface area contributed by atoms with E-state index in [-0.39, 0.29) is 18.3 Å². The number of furan rings is 1. The van der Waals surface area contributed by atoms with Gasteiger partial charge in [0.15, 0.2) is 6.61 Å². The normalized spacial score (nSPS) is 11.7. The van der Waals surface area contributed by atoms with Crippen LogP contribution in [0.3, 0.4) is 0 Å². The number of rotatable bonds is 6. The summed E-state index contributed by atoms with van der Waals surface area (Å²) in [6.07, 6.45) is 2.35. The Hall–Kier alpha value is -2.56. The van der Waals surface area contributed by atoms with E-state index >= 15 is 0 Å². The Morgan fingerprint density at radius 3 is 2.68 bits per heavy atom. The zero-order chi connectivity index (χ0) is 15.9. The quantitative estimate of drug-likeness (QED) is 0.828. The first-order valence-corrected chi connectivity index (χ1v) is 7.21. The molecule has 0 aliphatic rings. The summed E-state index contributed by atoms with van der Waals surface area (Å²) in [4.78, 5) is 23.5. The highest BCUT2D eigenvalue weighted by Gasteiger charge is 2.14. The van der Waals surface area contributed by atoms with Gasteiger partial charge in [0.1, 0.15) is 0 Å². The van der Waals surface area contributed by atoms with E-state index in [0.29, 0.717) is 5.92 Å². The Labute approximate surface area is 129 Å². The van der Waals surface area contributed by atoms with Crippen molar-refractivity contribution in [1.29, 1.82) is 0 Å². The molecular formula is C17H19NO4. The van der Waals surface area contributed by atoms with Crippen LogP contribution in [0.4, 0.5) is 5.69 Å². The first-order valence-electron chi connectivity index (χ1n) is 7.21. The second kappa shape index (κ2) is 7.45. The van der Waals surface area contributed by atoms with Crippen molar-refractivity contribution in [2.45, 2.75) is 26.2 Å². The summed E-state index contributed by atoms with van der Waals surface area (Å²) >= 11 is 0. The van der Waals surface area contributed by atoms with Gasteiger partial charge in [-0.2, -0.15) is 0 Å². The van der Waals surface area contributed by atoms with E-state index in [1.807, 2.05) is 24.3 Å². The number of carbonyl (C=O) groups excluding carboxylic acids is 2. The lowest BCUT2D eigenvalue weighted by Crippen LogP contribution is -2.21. The molecule has 0 aliphatic heterocycles. The summed E-state index contributed by atoms with van der Waals surface area (Å²) < 4.78 is 9.81. The molecule has 1 N–H and O–H groups in total. The molecule has 2 aromatic rings. The third-order valence-electron chi connectivity index (χ3n) is 3.43. The molecule has 1 atom stereocenters. The summed E-state index contributed by atoms with van der Waals surface area (Å²) in [7, 11) is 0. The van der Waals surface area contributed by atoms with E-state index < -0.39 is 5.97 Å². The number of para-hydroxylation sites is 1. The number of hydrogen-bond acceptors (Lipinski definition) is 4. The van der Waals surface area contributed by atoms with Gasteiger partial charge in [-0.1, -0.05) is 32.0 Å². The molecule has 0 fully saturated rings. The maximum absolute atomic E-state index is 11.9. The van der Waals surface area contributed by atoms with E-state index in [0.717, 1.165) is 17.7 Å². The molecule has 1 heterocycles. The van der Waals surface area contributed by atoms with Crippen LogP contribution >= 0.6 is 0 Å². The van der Waals surface area contributed by atoms with Gasteiger partial charge >= 0.3 is 5.97 Å². The van der Waals surface area contributed by atoms with Crippen LogP contribution in [0.1, 0.15) is 42.3 Å². The average molecular weight is 301 g/mol. The van der Waals surface area contributed by atoms with Crippen molar-refractivity contribution in [3.8, 4) is 0 Å². The Morgan fingerprint density at radius 1 is 1.23 bits per heavy atom. The highest BCUT2D eigenvalue weighted by atomic mass is 16.5. The van der Waals surface area contributed by atoms with Crippen molar-refractivity contribution >= 4 is 17.6 Å². The number of ether oxygens (including phenoxy) is 1. The van der Waals surface area contributed by atoms with Crippen LogP contribution < -0.4 is 5.32 Å². The van der Waals surface area contributed by atoms with Gasteiger partial charge in [0, 0.05) is 5.69 Å². The summed E-state index contributed by atoms with van der Waals surface area (Å²) in [5.41, 5.74) is 1.81. The molecule has 22 heavy (non-hydrogen) atoms. The van der Waals surface area contributed by atoms with Crippen molar-refractivity contribution in [3.05, 3.63) is 54.0 Å². The topological polar surface area (TPSA) is 68.5 Å². The number of benzene rings is 1. The molecule has 1 unspecified atom stereocenters. The second-order valence-corrected chi connectivity index (χ2v) is 5.00. The van der Waals surface area contributed by atoms with Gasteiger partial charge in [-0.3, -0.25) is 4.79 Å². The third-order valence-corrected chi connectivity index (χ3v) is 3.43. The van der Waals surface area contributed by atoms with E-state index in [1.165, 1.54) is 12.3 Å². The largest absolute Gasteiger partial charge is 0.457 e. The highest BCUT2D eigenvalue weighted by Crippen LogP contribution is 2.26. The minimum atomic E-state index is -0.657. The molecule has 0 aliphatic carbocycles. The van der Waals surface area contributed by atoms with Crippen LogP contribution in [-0.2, 0) is 9.53 Å². The number of nitrogens with one attached hydrogen (secondary N) is 1. The standard InChI is InChI=1S/C17H19NO4/c1-3-12(2)13-7-4-5-8-14(13)18-16(19)11-22-17(20)15-9-6-10-21-15/h4-10,12H,3,11H2,1-2H3,(H,18,19). The molecule has 1 aromatic heterocycles. The predicted octanol–water partition coefficient (Wildman–Crippen LogP) is 3.59. The minimum Gasteiger partial charge on any atom is -0.457 e. The SMILES string of the molecule is CCC(C)c1ccccc1NC(=O)COC(=O)c1ccco1. The Kier molecular flexibility index (Phi) is 5.36. The molecule has 0 saturated heterocycles. The first-order chi connectivity index (χ1) is 10.6. The van der Waals surface area contributed by atoms with Crippen LogP contribution in [0, 0.1) is 0 Å². The van der Waals surface area contributed by atoms with Crippen molar-refractivity contribution in [1.82, 2.24) is 0 Å². The van der Waals surface area contributed by atoms with Gasteiger partial charge < -0.3 is 14.5 Å². The van der Waals surface area contributed by atoms with Gasteiger partial charge in [-0.05, 0) is 36.1 Å². The smallest absolute Gasteiger partial charge is 0.374 e. The van der Waals surface area contributed by atoms with E-state index in [1.54, 1.807) is 6.07 Å². The Bertz CT molecular complexity index is 634. The van der Waals surface area contributed by atoms with E-state index in [9.17, 15) is 9.59 Å². The summed E-state index contributed by atoms with van der Waals surface area (Å²) in [6.45, 7) is 3.84. The van der Waals surface area contributed by atoms with Crippen LogP contribution in [0.15, 0.2) is 47.1 Å². The molecule has 0 bridgehead atoms. The van der Waals surface area contributed by atoms with Gasteiger partial charge in [0.2, 0.25) is 5.76 Å². The van der Waals surface area contributed by atoms with Crippen LogP contribution in [-0.4, -0.2) is 18.5 Å². The lowest BCUT2D eigenvalue weighted by atomic mass is 9.97. The highest BCUT2D eigenvalue weighted by molar-refractivity contribution is 5.95. The number of hydrogen-bond donors (Lipinski definition) is 1. The van der Waals surface area contributed by atoms with Gasteiger partial charge in [-0.15, -0.1) is 0 Å². The summed E-state index contributed by atoms with van der Waals surface area (Å²) in [5, 5.41) is 2.78. The van der Waals surface area contributed by atoms with Crippen LogP contribution in [0.25, 0.3) is 0 Å². The number of esters is 1. The lowest BCUT2D eigenvalue weighted by Gasteiger charge is -2.15. The fourth-order valence-electron chi connectivity index (χ4n) is 2.04. The first kappa shape index (κ1) is 15.8. The maximum Gasteiger partial charge on any atom is 0.374 e. The van der Waals surface area contributed by atoms with Crippen LogP contribution in [0.2, 0.25) is 0 Å². The molecular weight excluding hydrogens is 282 g/mol. The second-order valence-electron chi connectivity index (χ2n) is 5.00. The third kappa shape index (κ3) is 3.97. The Morgan fingerprint density at radius 2 is 2.00 bits per heavy atom. The van der Waals surface area contributed by atoms with E-state index in [4.69, 9.17) is 9.15 Å². The lowest BCUT2D eigenvalue weighted by molar-refractivity contribution is -0.119. The molecule has 5 heteroatoms. The maximum atomic E-state index is 11.9. The number of anilines is 1. The minimum absolute atomic E-state index is 0.0767. The summed E-state index contributed by atoms with van der Waals surface area (Å²) in [5.74, 6) is -0.624. The zero-order valence-electron chi connectivity index (χ0n) is 12.7. The molecule has 116 valence electrons. The fraction of sp³-hybridized carbons (Fsp3) is 0.294. The van der Waals surface area contributed by atoms with Gasteiger partial charge in [-0.25, -0.2) is 4.79 Å². The molecule has 0 saturated carbocycles. The van der Waals surface area contributed by atoms with Crippen LogP contribution in [0.5, 0.6) is 0 Å². The fourth-order valence-corrected chi connectivity index (χ4v) is 2.04. The average Bonchev–Trinajstić information content (AvgIpc) is 3.07. The van der Waals surface area contributed by atoms with E-state index in [2.05, 4.69) is 19.2 Å². The zero-order valence-corrected chi connectivity index (χ0v) is 12.7. The van der Waals surface area contributed by atoms with Crippen molar-refractivity contribution in [2.75, 3.05) is 11.9 Å².